The Bertz CT molecular complexity index is 1410. The number of nitrogens with one attached hydrogen (secondary N) is 1. The van der Waals surface area contributed by atoms with Gasteiger partial charge in [0, 0.05) is 6.42 Å². The first kappa shape index (κ1) is 67.1. The number of carbonyl (C=O) groups is 1. The van der Waals surface area contributed by atoms with Crippen LogP contribution < -0.4 is 5.32 Å². The number of allylic oxidation sites excluding steroid dienone is 7. The summed E-state index contributed by atoms with van der Waals surface area (Å²) in [6, 6.07) is -0.936. The molecule has 2 heterocycles. The van der Waals surface area contributed by atoms with Crippen LogP contribution >= 0.6 is 0 Å². The molecule has 2 aliphatic rings. The van der Waals surface area contributed by atoms with Gasteiger partial charge in [0.05, 0.1) is 32.0 Å². The van der Waals surface area contributed by atoms with Gasteiger partial charge >= 0.3 is 0 Å². The third-order valence-electron chi connectivity index (χ3n) is 14.2. The molecule has 2 fully saturated rings. The van der Waals surface area contributed by atoms with E-state index in [1.165, 1.54) is 141 Å². The van der Waals surface area contributed by atoms with Gasteiger partial charge in [-0.1, -0.05) is 204 Å². The lowest BCUT2D eigenvalue weighted by Crippen LogP contribution is -2.65. The first-order valence-electron chi connectivity index (χ1n) is 29.4. The number of unbranched alkanes of at least 4 members (excludes halogenated alkanes) is 27. The molecule has 0 spiro atoms. The van der Waals surface area contributed by atoms with E-state index in [9.17, 15) is 45.6 Å². The van der Waals surface area contributed by atoms with Crippen molar-refractivity contribution < 1.29 is 64.6 Å². The molecule has 2 aliphatic heterocycles. The SMILES string of the molecule is CCCCCC/C=C\C/C=C\CCCCCCCCCC(=O)NC(COC1OC(CO)C(OC2OC(CO)C(O)C(O)C2O)C(O)C1O)C(O)/C=C/CC/C=C/CCCCCCCCCCCCCCCCC. The summed E-state index contributed by atoms with van der Waals surface area (Å²) in [7, 11) is 0. The molecule has 0 saturated carbocycles. The largest absolute Gasteiger partial charge is 0.394 e. The fourth-order valence-electron chi connectivity index (χ4n) is 9.45. The van der Waals surface area contributed by atoms with Gasteiger partial charge in [-0.15, -0.1) is 0 Å². The monoisotopic (exact) mass is 1040 g/mol. The number of ether oxygens (including phenoxy) is 4. The fourth-order valence-corrected chi connectivity index (χ4v) is 9.45. The predicted molar refractivity (Wildman–Crippen MR) is 291 cm³/mol. The highest BCUT2D eigenvalue weighted by atomic mass is 16.7. The Hall–Kier alpha value is -2.05. The number of carbonyl (C=O) groups excluding carboxylic acids is 1. The number of amides is 1. The molecule has 1 amide bonds. The Morgan fingerprint density at radius 2 is 0.918 bits per heavy atom. The zero-order valence-corrected chi connectivity index (χ0v) is 45.6. The van der Waals surface area contributed by atoms with Crippen molar-refractivity contribution in [2.24, 2.45) is 0 Å². The summed E-state index contributed by atoms with van der Waals surface area (Å²) >= 11 is 0. The quantitative estimate of drug-likeness (QED) is 0.0205. The third kappa shape index (κ3) is 31.1. The van der Waals surface area contributed by atoms with E-state index in [1.807, 2.05) is 6.08 Å². The van der Waals surface area contributed by atoms with Gasteiger partial charge in [0.15, 0.2) is 12.6 Å². The van der Waals surface area contributed by atoms with E-state index in [2.05, 4.69) is 55.6 Å². The summed E-state index contributed by atoms with van der Waals surface area (Å²) in [5, 5.41) is 87.0. The summed E-state index contributed by atoms with van der Waals surface area (Å²) in [5.74, 6) is -0.257. The number of hydrogen-bond acceptors (Lipinski definition) is 13. The zero-order chi connectivity index (χ0) is 53.2. The molecule has 73 heavy (non-hydrogen) atoms. The fraction of sp³-hybridized carbons (Fsp3) is 0.847. The highest BCUT2D eigenvalue weighted by Gasteiger charge is 2.51. The summed E-state index contributed by atoms with van der Waals surface area (Å²) in [5.41, 5.74) is 0. The molecule has 9 N–H and O–H groups in total. The van der Waals surface area contributed by atoms with E-state index >= 15 is 0 Å². The first-order valence-corrected chi connectivity index (χ1v) is 29.4. The van der Waals surface area contributed by atoms with Gasteiger partial charge in [-0.3, -0.25) is 4.79 Å². The van der Waals surface area contributed by atoms with Crippen LogP contribution in [0, 0.1) is 0 Å². The minimum absolute atomic E-state index is 0.257. The zero-order valence-electron chi connectivity index (χ0n) is 45.6. The van der Waals surface area contributed by atoms with Gasteiger partial charge in [0.2, 0.25) is 5.91 Å². The summed E-state index contributed by atoms with van der Waals surface area (Å²) in [6.45, 7) is 2.76. The number of aliphatic hydroxyl groups excluding tert-OH is 8. The highest BCUT2D eigenvalue weighted by molar-refractivity contribution is 5.76. The number of rotatable bonds is 46. The Kier molecular flexibility index (Phi) is 41.4. The van der Waals surface area contributed by atoms with Crippen LogP contribution in [0.1, 0.15) is 226 Å². The van der Waals surface area contributed by atoms with Crippen molar-refractivity contribution >= 4 is 5.91 Å². The molecule has 12 unspecified atom stereocenters. The Morgan fingerprint density at radius 3 is 1.44 bits per heavy atom. The first-order chi connectivity index (χ1) is 35.6. The summed E-state index contributed by atoms with van der Waals surface area (Å²) in [6.07, 6.45) is 38.6. The molecule has 0 aliphatic carbocycles. The lowest BCUT2D eigenvalue weighted by atomic mass is 9.97. The van der Waals surface area contributed by atoms with E-state index in [1.54, 1.807) is 6.08 Å². The normalized spacial score (nSPS) is 25.7. The van der Waals surface area contributed by atoms with Gasteiger partial charge in [-0.25, -0.2) is 0 Å². The van der Waals surface area contributed by atoms with E-state index in [4.69, 9.17) is 18.9 Å². The van der Waals surface area contributed by atoms with Crippen molar-refractivity contribution in [2.75, 3.05) is 19.8 Å². The van der Waals surface area contributed by atoms with Gasteiger partial charge in [-0.2, -0.15) is 0 Å². The van der Waals surface area contributed by atoms with Crippen molar-refractivity contribution in [1.29, 1.82) is 0 Å². The minimum Gasteiger partial charge on any atom is -0.394 e. The van der Waals surface area contributed by atoms with Crippen LogP contribution in [0.2, 0.25) is 0 Å². The second kappa shape index (κ2) is 45.0. The molecule has 2 saturated heterocycles. The Labute approximate surface area is 442 Å². The van der Waals surface area contributed by atoms with Crippen LogP contribution in [0.3, 0.4) is 0 Å². The molecule has 12 atom stereocenters. The number of hydrogen-bond donors (Lipinski definition) is 9. The van der Waals surface area contributed by atoms with Gasteiger partial charge < -0.3 is 65.1 Å². The molecule has 14 heteroatoms. The lowest BCUT2D eigenvalue weighted by molar-refractivity contribution is -0.359. The molecule has 0 bridgehead atoms. The topological polar surface area (TPSA) is 228 Å². The van der Waals surface area contributed by atoms with Gasteiger partial charge in [0.25, 0.3) is 0 Å². The van der Waals surface area contributed by atoms with Crippen LogP contribution in [0.15, 0.2) is 48.6 Å². The van der Waals surface area contributed by atoms with E-state index in [0.29, 0.717) is 12.8 Å². The van der Waals surface area contributed by atoms with Crippen molar-refractivity contribution in [3.8, 4) is 0 Å². The standard InChI is InChI=1S/C59H107NO13/c1-3-5-7-9-11-13-15-17-19-21-23-24-25-26-28-30-32-34-36-38-40-42-48(63)47(60-51(64)43-41-39-37-35-33-31-29-27-22-20-18-16-14-12-10-8-6-4-2)46-70-58-56(69)54(67)57(50(45-62)72-58)73-59-55(68)53(66)52(65)49(44-61)71-59/h14,16,20,22,32,34,40,42,47-50,52-59,61-63,65-69H,3-13,15,17-19,21,23-31,33,35-39,41,43-46H2,1-2H3,(H,60,64)/b16-14-,22-20-,34-32+,42-40+. The molecule has 426 valence electrons. The average molecular weight is 1040 g/mol. The van der Waals surface area contributed by atoms with Gasteiger partial charge in [0.1, 0.15) is 48.8 Å². The van der Waals surface area contributed by atoms with Crippen molar-refractivity contribution in [3.63, 3.8) is 0 Å². The summed E-state index contributed by atoms with van der Waals surface area (Å²) < 4.78 is 22.7. The molecule has 0 aromatic carbocycles. The third-order valence-corrected chi connectivity index (χ3v) is 14.2. The lowest BCUT2D eigenvalue weighted by Gasteiger charge is -2.46. The molecular weight excluding hydrogens is 931 g/mol. The molecule has 14 nitrogen and oxygen atoms in total. The van der Waals surface area contributed by atoms with Crippen LogP contribution in [0.4, 0.5) is 0 Å². The molecule has 2 rings (SSSR count). The highest BCUT2D eigenvalue weighted by Crippen LogP contribution is 2.30. The molecule has 0 aromatic rings. The van der Waals surface area contributed by atoms with Crippen LogP contribution in [0.5, 0.6) is 0 Å². The van der Waals surface area contributed by atoms with Crippen LogP contribution in [0.25, 0.3) is 0 Å². The minimum atomic E-state index is -1.79. The van der Waals surface area contributed by atoms with E-state index in [0.717, 1.165) is 51.4 Å². The summed E-state index contributed by atoms with van der Waals surface area (Å²) in [4.78, 5) is 13.2. The molecular formula is C59H107NO13. The average Bonchev–Trinajstić information content (AvgIpc) is 3.39. The molecule has 0 aromatic heterocycles. The maximum atomic E-state index is 13.2. The maximum Gasteiger partial charge on any atom is 0.220 e. The number of aliphatic hydroxyl groups is 8. The van der Waals surface area contributed by atoms with Gasteiger partial charge in [-0.05, 0) is 64.2 Å². The maximum absolute atomic E-state index is 13.2. The predicted octanol–water partition coefficient (Wildman–Crippen LogP) is 9.61. The van der Waals surface area contributed by atoms with E-state index in [-0.39, 0.29) is 18.9 Å². The Morgan fingerprint density at radius 1 is 0.493 bits per heavy atom. The van der Waals surface area contributed by atoms with Crippen molar-refractivity contribution in [2.45, 2.75) is 299 Å². The van der Waals surface area contributed by atoms with Crippen LogP contribution in [-0.2, 0) is 23.7 Å². The van der Waals surface area contributed by atoms with Crippen molar-refractivity contribution in [1.82, 2.24) is 5.32 Å². The van der Waals surface area contributed by atoms with E-state index < -0.39 is 86.8 Å². The second-order valence-corrected chi connectivity index (χ2v) is 20.8. The second-order valence-electron chi connectivity index (χ2n) is 20.8. The molecule has 0 radical (unpaired) electrons. The smallest absolute Gasteiger partial charge is 0.220 e. The van der Waals surface area contributed by atoms with Crippen LogP contribution in [-0.4, -0.2) is 140 Å². The Balaban J connectivity index is 1.80. The van der Waals surface area contributed by atoms with Crippen molar-refractivity contribution in [3.05, 3.63) is 48.6 Å².